The summed E-state index contributed by atoms with van der Waals surface area (Å²) in [7, 11) is 0. The van der Waals surface area contributed by atoms with Gasteiger partial charge in [-0.25, -0.2) is 0 Å². The molecule has 118 valence electrons. The quantitative estimate of drug-likeness (QED) is 0.930. The average Bonchev–Trinajstić information content (AvgIpc) is 3.01. The van der Waals surface area contributed by atoms with Gasteiger partial charge >= 0.3 is 0 Å². The Labute approximate surface area is 132 Å². The third-order valence-corrected chi connectivity index (χ3v) is 5.38. The molecule has 2 aromatic rings. The summed E-state index contributed by atoms with van der Waals surface area (Å²) in [6, 6.07) is 8.68. The summed E-state index contributed by atoms with van der Waals surface area (Å²) in [6.07, 6.45) is 9.11. The maximum absolute atomic E-state index is 5.89. The number of ether oxygens (including phenoxy) is 1. The van der Waals surface area contributed by atoms with Crippen LogP contribution in [0.25, 0.3) is 10.9 Å². The molecule has 1 atom stereocenters. The number of benzene rings is 1. The van der Waals surface area contributed by atoms with Crippen molar-refractivity contribution in [3.8, 4) is 0 Å². The highest BCUT2D eigenvalue weighted by molar-refractivity contribution is 5.83. The van der Waals surface area contributed by atoms with Crippen LogP contribution in [0.15, 0.2) is 30.5 Å². The topological polar surface area (TPSA) is 28.3 Å². The van der Waals surface area contributed by atoms with Gasteiger partial charge in [0.25, 0.3) is 0 Å². The van der Waals surface area contributed by atoms with Gasteiger partial charge < -0.3 is 14.6 Å². The Bertz CT molecular complexity index is 607. The molecule has 0 spiro atoms. The number of rotatable bonds is 3. The van der Waals surface area contributed by atoms with Crippen molar-refractivity contribution in [3.63, 3.8) is 0 Å². The Balaban J connectivity index is 1.37. The van der Waals surface area contributed by atoms with Gasteiger partial charge in [0.15, 0.2) is 0 Å². The van der Waals surface area contributed by atoms with Crippen molar-refractivity contribution >= 4 is 10.9 Å². The molecule has 4 rings (SSSR count). The first-order valence-electron chi connectivity index (χ1n) is 8.80. The van der Waals surface area contributed by atoms with Crippen molar-refractivity contribution in [1.82, 2.24) is 9.88 Å². The van der Waals surface area contributed by atoms with Crippen LogP contribution in [0, 0.1) is 0 Å². The minimum atomic E-state index is 0.485. The first-order valence-corrected chi connectivity index (χ1v) is 8.80. The zero-order chi connectivity index (χ0) is 14.8. The number of nitrogens with one attached hydrogen (secondary N) is 1. The fraction of sp³-hybridized carbons (Fsp3) is 0.579. The van der Waals surface area contributed by atoms with Crippen LogP contribution in [0.4, 0.5) is 0 Å². The number of aromatic amines is 1. The van der Waals surface area contributed by atoms with E-state index in [9.17, 15) is 0 Å². The third-order valence-electron chi connectivity index (χ3n) is 5.38. The van der Waals surface area contributed by atoms with Crippen LogP contribution in [-0.2, 0) is 4.74 Å². The zero-order valence-electron chi connectivity index (χ0n) is 13.3. The summed E-state index contributed by atoms with van der Waals surface area (Å²) in [6.45, 7) is 4.53. The monoisotopic (exact) mass is 298 g/mol. The molecule has 2 saturated heterocycles. The third kappa shape index (κ3) is 2.92. The van der Waals surface area contributed by atoms with Crippen LogP contribution in [-0.4, -0.2) is 42.2 Å². The fourth-order valence-corrected chi connectivity index (χ4v) is 4.10. The van der Waals surface area contributed by atoms with Crippen molar-refractivity contribution in [2.24, 2.45) is 0 Å². The van der Waals surface area contributed by atoms with Gasteiger partial charge in [-0.15, -0.1) is 0 Å². The lowest BCUT2D eigenvalue weighted by atomic mass is 9.89. The molecular formula is C19H26N2O. The second-order valence-corrected chi connectivity index (χ2v) is 6.85. The van der Waals surface area contributed by atoms with E-state index in [0.29, 0.717) is 12.0 Å². The van der Waals surface area contributed by atoms with Crippen LogP contribution < -0.4 is 0 Å². The minimum Gasteiger partial charge on any atom is -0.377 e. The van der Waals surface area contributed by atoms with Gasteiger partial charge in [-0.2, -0.15) is 0 Å². The van der Waals surface area contributed by atoms with Crippen LogP contribution in [0.5, 0.6) is 0 Å². The van der Waals surface area contributed by atoms with E-state index in [1.54, 1.807) is 0 Å². The molecular weight excluding hydrogens is 272 g/mol. The second-order valence-electron chi connectivity index (χ2n) is 6.85. The van der Waals surface area contributed by atoms with Gasteiger partial charge in [-0.1, -0.05) is 18.2 Å². The lowest BCUT2D eigenvalue weighted by molar-refractivity contribution is -0.00948. The lowest BCUT2D eigenvalue weighted by Crippen LogP contribution is -2.40. The molecule has 0 amide bonds. The number of fused-ring (bicyclic) bond motifs is 1. The van der Waals surface area contributed by atoms with Crippen LogP contribution in [0.1, 0.15) is 43.6 Å². The van der Waals surface area contributed by atoms with Crippen LogP contribution in [0.3, 0.4) is 0 Å². The molecule has 0 aliphatic carbocycles. The van der Waals surface area contributed by atoms with E-state index < -0.39 is 0 Å². The molecule has 2 fully saturated rings. The predicted octanol–water partition coefficient (Wildman–Crippen LogP) is 3.92. The molecule has 2 aliphatic heterocycles. The van der Waals surface area contributed by atoms with Gasteiger partial charge in [0.1, 0.15) is 0 Å². The molecule has 22 heavy (non-hydrogen) atoms. The number of likely N-dealkylation sites (tertiary alicyclic amines) is 1. The number of aromatic nitrogens is 1. The van der Waals surface area contributed by atoms with Gasteiger partial charge in [0.05, 0.1) is 6.10 Å². The summed E-state index contributed by atoms with van der Waals surface area (Å²) < 4.78 is 5.89. The Morgan fingerprint density at radius 2 is 1.95 bits per heavy atom. The van der Waals surface area contributed by atoms with Gasteiger partial charge in [-0.3, -0.25) is 0 Å². The van der Waals surface area contributed by atoms with Gasteiger partial charge in [0.2, 0.25) is 0 Å². The van der Waals surface area contributed by atoms with Crippen LogP contribution >= 0.6 is 0 Å². The first-order chi connectivity index (χ1) is 10.9. The maximum Gasteiger partial charge on any atom is 0.0702 e. The minimum absolute atomic E-state index is 0.485. The standard InChI is InChI=1S/C19H26N2O/c1-2-7-19-17(6-1)18(13-20-19)15-8-10-21(11-9-15)14-16-5-3-4-12-22-16/h1-2,6-7,13,15-16,20H,3-5,8-12,14H2. The molecule has 3 heteroatoms. The van der Waals surface area contributed by atoms with E-state index in [2.05, 4.69) is 40.3 Å². The summed E-state index contributed by atoms with van der Waals surface area (Å²) in [5.74, 6) is 0.708. The Hall–Kier alpha value is -1.32. The Kier molecular flexibility index (Phi) is 4.17. The molecule has 3 nitrogen and oxygen atoms in total. The van der Waals surface area contributed by atoms with E-state index in [0.717, 1.165) is 13.2 Å². The summed E-state index contributed by atoms with van der Waals surface area (Å²) in [5, 5.41) is 1.41. The Morgan fingerprint density at radius 3 is 2.77 bits per heavy atom. The number of para-hydroxylation sites is 1. The number of nitrogens with zero attached hydrogens (tertiary/aromatic N) is 1. The van der Waals surface area contributed by atoms with E-state index in [-0.39, 0.29) is 0 Å². The van der Waals surface area contributed by atoms with Crippen molar-refractivity contribution in [1.29, 1.82) is 0 Å². The SMILES string of the molecule is c1ccc2c(C3CCN(CC4CCCCO4)CC3)c[nH]c2c1. The molecule has 0 bridgehead atoms. The predicted molar refractivity (Wildman–Crippen MR) is 90.3 cm³/mol. The summed E-state index contributed by atoms with van der Waals surface area (Å²) in [4.78, 5) is 6.04. The van der Waals surface area contributed by atoms with Gasteiger partial charge in [-0.05, 0) is 62.7 Å². The highest BCUT2D eigenvalue weighted by Crippen LogP contribution is 2.33. The van der Waals surface area contributed by atoms with E-state index in [1.165, 1.54) is 61.7 Å². The molecule has 1 aromatic heterocycles. The molecule has 1 unspecified atom stereocenters. The number of piperidine rings is 1. The van der Waals surface area contributed by atoms with Crippen molar-refractivity contribution in [2.75, 3.05) is 26.2 Å². The maximum atomic E-state index is 5.89. The summed E-state index contributed by atoms with van der Waals surface area (Å²) in [5.41, 5.74) is 2.79. The van der Waals surface area contributed by atoms with Crippen molar-refractivity contribution in [2.45, 2.75) is 44.1 Å². The normalized spacial score (nSPS) is 24.8. The molecule has 1 aromatic carbocycles. The van der Waals surface area contributed by atoms with Crippen molar-refractivity contribution in [3.05, 3.63) is 36.0 Å². The fourth-order valence-electron chi connectivity index (χ4n) is 4.10. The van der Waals surface area contributed by atoms with E-state index in [1.807, 2.05) is 0 Å². The van der Waals surface area contributed by atoms with Crippen LogP contribution in [0.2, 0.25) is 0 Å². The molecule has 3 heterocycles. The summed E-state index contributed by atoms with van der Waals surface area (Å²) >= 11 is 0. The molecule has 1 N–H and O–H groups in total. The zero-order valence-corrected chi connectivity index (χ0v) is 13.3. The Morgan fingerprint density at radius 1 is 1.09 bits per heavy atom. The molecule has 0 radical (unpaired) electrons. The smallest absolute Gasteiger partial charge is 0.0702 e. The second kappa shape index (κ2) is 6.43. The van der Waals surface area contributed by atoms with E-state index in [4.69, 9.17) is 4.74 Å². The van der Waals surface area contributed by atoms with Crippen molar-refractivity contribution < 1.29 is 4.74 Å². The lowest BCUT2D eigenvalue weighted by Gasteiger charge is -2.35. The molecule has 2 aliphatic rings. The first kappa shape index (κ1) is 14.3. The number of H-pyrrole nitrogens is 1. The highest BCUT2D eigenvalue weighted by Gasteiger charge is 2.25. The largest absolute Gasteiger partial charge is 0.377 e. The molecule has 0 saturated carbocycles. The van der Waals surface area contributed by atoms with Gasteiger partial charge in [0, 0.05) is 30.3 Å². The highest BCUT2D eigenvalue weighted by atomic mass is 16.5. The average molecular weight is 298 g/mol. The number of hydrogen-bond acceptors (Lipinski definition) is 2. The number of hydrogen-bond donors (Lipinski definition) is 1. The van der Waals surface area contributed by atoms with E-state index >= 15 is 0 Å².